The maximum Gasteiger partial charge on any atom is 0.433 e. The van der Waals surface area contributed by atoms with Crippen LogP contribution in [0.5, 0.6) is 0 Å². The van der Waals surface area contributed by atoms with Crippen LogP contribution in [0.25, 0.3) is 5.69 Å². The van der Waals surface area contributed by atoms with E-state index in [2.05, 4.69) is 5.10 Å². The maximum atomic E-state index is 12.7. The van der Waals surface area contributed by atoms with E-state index in [-0.39, 0.29) is 5.56 Å². The molecule has 0 atom stereocenters. The van der Waals surface area contributed by atoms with Gasteiger partial charge in [-0.15, -0.1) is 0 Å². The predicted molar refractivity (Wildman–Crippen MR) is 65.6 cm³/mol. The summed E-state index contributed by atoms with van der Waals surface area (Å²) in [7, 11) is 0. The van der Waals surface area contributed by atoms with E-state index in [9.17, 15) is 18.0 Å². The van der Waals surface area contributed by atoms with Crippen LogP contribution in [-0.2, 0) is 6.18 Å². The first kappa shape index (κ1) is 13.5. The standard InChI is InChI=1S/C13H13F3N2O/c1-7-4-8(2)6-10(5-7)18-12(19)9(3)11(17-18)13(14,15)16/h4-6,17H,1-3H3. The minimum Gasteiger partial charge on any atom is -0.286 e. The van der Waals surface area contributed by atoms with Gasteiger partial charge in [0.25, 0.3) is 5.56 Å². The van der Waals surface area contributed by atoms with Crippen LogP contribution in [0.1, 0.15) is 22.4 Å². The van der Waals surface area contributed by atoms with Crippen LogP contribution in [0.2, 0.25) is 0 Å². The van der Waals surface area contributed by atoms with Crippen LogP contribution >= 0.6 is 0 Å². The van der Waals surface area contributed by atoms with Crippen LogP contribution in [0, 0.1) is 20.8 Å². The lowest BCUT2D eigenvalue weighted by Crippen LogP contribution is -2.16. The van der Waals surface area contributed by atoms with Gasteiger partial charge in [-0.05, 0) is 44.0 Å². The second kappa shape index (κ2) is 4.29. The molecular weight excluding hydrogens is 257 g/mol. The molecule has 0 bridgehead atoms. The summed E-state index contributed by atoms with van der Waals surface area (Å²) in [6, 6.07) is 5.20. The van der Waals surface area contributed by atoms with Gasteiger partial charge in [0.1, 0.15) is 5.69 Å². The normalized spacial score (nSPS) is 11.9. The molecule has 0 aliphatic heterocycles. The zero-order valence-electron chi connectivity index (χ0n) is 10.7. The Morgan fingerprint density at radius 2 is 1.58 bits per heavy atom. The number of nitrogens with zero attached hydrogens (tertiary/aromatic N) is 1. The number of aromatic nitrogens is 2. The van der Waals surface area contributed by atoms with E-state index in [1.54, 1.807) is 12.1 Å². The molecule has 1 aromatic heterocycles. The van der Waals surface area contributed by atoms with Crippen molar-refractivity contribution in [1.82, 2.24) is 9.78 Å². The van der Waals surface area contributed by atoms with E-state index >= 15 is 0 Å². The average molecular weight is 270 g/mol. The lowest BCUT2D eigenvalue weighted by atomic mass is 10.1. The second-order valence-corrected chi connectivity index (χ2v) is 4.60. The molecule has 0 aliphatic rings. The summed E-state index contributed by atoms with van der Waals surface area (Å²) in [6.45, 7) is 4.81. The number of alkyl halides is 3. The minimum absolute atomic E-state index is 0.327. The molecular formula is C13H13F3N2O. The van der Waals surface area contributed by atoms with Crippen molar-refractivity contribution in [3.63, 3.8) is 0 Å². The Bertz CT molecular complexity index is 660. The Hall–Kier alpha value is -1.98. The quantitative estimate of drug-likeness (QED) is 0.849. The fraction of sp³-hybridized carbons (Fsp3) is 0.308. The number of halogens is 3. The molecule has 2 aromatic rings. The monoisotopic (exact) mass is 270 g/mol. The number of nitrogens with one attached hydrogen (secondary N) is 1. The molecule has 0 fully saturated rings. The predicted octanol–water partition coefficient (Wildman–Crippen LogP) is 3.11. The Morgan fingerprint density at radius 3 is 2.00 bits per heavy atom. The van der Waals surface area contributed by atoms with E-state index in [0.29, 0.717) is 5.69 Å². The van der Waals surface area contributed by atoms with E-state index in [1.165, 1.54) is 6.92 Å². The fourth-order valence-corrected chi connectivity index (χ4v) is 2.06. The number of H-pyrrole nitrogens is 1. The van der Waals surface area contributed by atoms with Crippen molar-refractivity contribution in [2.75, 3.05) is 0 Å². The molecule has 0 aliphatic carbocycles. The smallest absolute Gasteiger partial charge is 0.286 e. The van der Waals surface area contributed by atoms with Gasteiger partial charge >= 0.3 is 6.18 Å². The lowest BCUT2D eigenvalue weighted by molar-refractivity contribution is -0.141. The molecule has 1 N–H and O–H groups in total. The van der Waals surface area contributed by atoms with Gasteiger partial charge in [-0.3, -0.25) is 9.89 Å². The van der Waals surface area contributed by atoms with Crippen LogP contribution in [0.3, 0.4) is 0 Å². The highest BCUT2D eigenvalue weighted by Gasteiger charge is 2.36. The minimum atomic E-state index is -4.56. The van der Waals surface area contributed by atoms with Gasteiger partial charge < -0.3 is 0 Å². The van der Waals surface area contributed by atoms with Gasteiger partial charge in [-0.1, -0.05) is 6.07 Å². The number of hydrogen-bond acceptors (Lipinski definition) is 1. The van der Waals surface area contributed by atoms with E-state index in [1.807, 2.05) is 19.9 Å². The van der Waals surface area contributed by atoms with Gasteiger partial charge in [0, 0.05) is 5.56 Å². The van der Waals surface area contributed by atoms with Crippen LogP contribution < -0.4 is 5.56 Å². The van der Waals surface area contributed by atoms with Crippen molar-refractivity contribution in [3.05, 3.63) is 50.9 Å². The molecule has 0 unspecified atom stereocenters. The molecule has 0 radical (unpaired) electrons. The van der Waals surface area contributed by atoms with Gasteiger partial charge in [-0.2, -0.15) is 13.2 Å². The Balaban J connectivity index is 2.67. The molecule has 0 saturated heterocycles. The largest absolute Gasteiger partial charge is 0.433 e. The molecule has 102 valence electrons. The highest BCUT2D eigenvalue weighted by molar-refractivity contribution is 5.40. The third kappa shape index (κ3) is 2.43. The molecule has 19 heavy (non-hydrogen) atoms. The average Bonchev–Trinajstić information content (AvgIpc) is 2.54. The van der Waals surface area contributed by atoms with Crippen LogP contribution in [0.4, 0.5) is 13.2 Å². The zero-order valence-corrected chi connectivity index (χ0v) is 10.7. The number of aryl methyl sites for hydroxylation is 2. The third-order valence-electron chi connectivity index (χ3n) is 2.87. The van der Waals surface area contributed by atoms with E-state index in [0.717, 1.165) is 15.8 Å². The number of rotatable bonds is 1. The Kier molecular flexibility index (Phi) is 3.04. The molecule has 1 aromatic carbocycles. The highest BCUT2D eigenvalue weighted by Crippen LogP contribution is 2.29. The van der Waals surface area contributed by atoms with Crippen molar-refractivity contribution < 1.29 is 13.2 Å². The van der Waals surface area contributed by atoms with Crippen LogP contribution in [0.15, 0.2) is 23.0 Å². The molecule has 3 nitrogen and oxygen atoms in total. The summed E-state index contributed by atoms with van der Waals surface area (Å²) in [4.78, 5) is 11.9. The fourth-order valence-electron chi connectivity index (χ4n) is 2.06. The van der Waals surface area contributed by atoms with Crippen molar-refractivity contribution >= 4 is 0 Å². The summed E-state index contributed by atoms with van der Waals surface area (Å²) < 4.78 is 39.1. The second-order valence-electron chi connectivity index (χ2n) is 4.60. The molecule has 0 spiro atoms. The number of benzene rings is 1. The van der Waals surface area contributed by atoms with E-state index < -0.39 is 17.4 Å². The van der Waals surface area contributed by atoms with Crippen molar-refractivity contribution in [1.29, 1.82) is 0 Å². The van der Waals surface area contributed by atoms with Crippen molar-refractivity contribution in [2.24, 2.45) is 0 Å². The maximum absolute atomic E-state index is 12.7. The topological polar surface area (TPSA) is 37.8 Å². The first-order valence-corrected chi connectivity index (χ1v) is 5.67. The Labute approximate surface area is 107 Å². The molecule has 2 rings (SSSR count). The first-order valence-electron chi connectivity index (χ1n) is 5.67. The highest BCUT2D eigenvalue weighted by atomic mass is 19.4. The molecule has 6 heteroatoms. The van der Waals surface area contributed by atoms with Crippen LogP contribution in [-0.4, -0.2) is 9.78 Å². The summed E-state index contributed by atoms with van der Waals surface area (Å²) in [5.41, 5.74) is 0.146. The van der Waals surface area contributed by atoms with Gasteiger partial charge in [0.15, 0.2) is 0 Å². The Morgan fingerprint density at radius 1 is 1.05 bits per heavy atom. The van der Waals surface area contributed by atoms with Gasteiger partial charge in [-0.25, -0.2) is 4.68 Å². The molecule has 1 heterocycles. The third-order valence-corrected chi connectivity index (χ3v) is 2.87. The summed E-state index contributed by atoms with van der Waals surface area (Å²) >= 11 is 0. The van der Waals surface area contributed by atoms with E-state index in [4.69, 9.17) is 0 Å². The number of hydrogen-bond donors (Lipinski definition) is 1. The molecule has 0 saturated carbocycles. The van der Waals surface area contributed by atoms with Crippen molar-refractivity contribution in [3.8, 4) is 5.69 Å². The first-order chi connectivity index (χ1) is 8.70. The lowest BCUT2D eigenvalue weighted by Gasteiger charge is -2.06. The zero-order chi connectivity index (χ0) is 14.4. The molecule has 0 amide bonds. The summed E-state index contributed by atoms with van der Waals surface area (Å²) in [5.74, 6) is 0. The number of aromatic amines is 1. The SMILES string of the molecule is Cc1cc(C)cc(-n2[nH]c(C(F)(F)F)c(C)c2=O)c1. The van der Waals surface area contributed by atoms with Gasteiger partial charge in [0.05, 0.1) is 5.69 Å². The van der Waals surface area contributed by atoms with Gasteiger partial charge in [0.2, 0.25) is 0 Å². The van der Waals surface area contributed by atoms with Crippen molar-refractivity contribution in [2.45, 2.75) is 26.9 Å². The summed E-state index contributed by atoms with van der Waals surface area (Å²) in [6.07, 6.45) is -4.56. The summed E-state index contributed by atoms with van der Waals surface area (Å²) in [5, 5.41) is 2.14.